The molecule has 1 aromatic carbocycles. The number of hydrogen-bond acceptors (Lipinski definition) is 2. The highest BCUT2D eigenvalue weighted by molar-refractivity contribution is 7.82. The van der Waals surface area contributed by atoms with Gasteiger partial charge in [0, 0.05) is 12.6 Å². The number of rotatable bonds is 3. The fourth-order valence-corrected chi connectivity index (χ4v) is 3.60. The van der Waals surface area contributed by atoms with E-state index in [1.54, 1.807) is 0 Å². The number of piperidine rings is 1. The van der Waals surface area contributed by atoms with Crippen molar-refractivity contribution in [3.05, 3.63) is 30.3 Å². The highest BCUT2D eigenvalue weighted by Gasteiger charge is 2.35. The molecule has 0 bridgehead atoms. The molecule has 1 aromatic rings. The summed E-state index contributed by atoms with van der Waals surface area (Å²) in [5, 5.41) is 0. The SMILES string of the molecule is CN1CCC(C)(N(C)S(=O)c2ccccc2)CC1.O. The first-order valence-electron chi connectivity index (χ1n) is 6.42. The molecule has 1 aliphatic heterocycles. The van der Waals surface area contributed by atoms with Crippen LogP contribution in [0.2, 0.25) is 0 Å². The molecule has 0 aromatic heterocycles. The number of likely N-dealkylation sites (tertiary alicyclic amines) is 1. The molecule has 0 amide bonds. The second kappa shape index (κ2) is 6.61. The van der Waals surface area contributed by atoms with E-state index in [1.165, 1.54) is 0 Å². The summed E-state index contributed by atoms with van der Waals surface area (Å²) in [7, 11) is 3.07. The van der Waals surface area contributed by atoms with Gasteiger partial charge in [-0.15, -0.1) is 0 Å². The topological polar surface area (TPSA) is 55.0 Å². The van der Waals surface area contributed by atoms with Crippen molar-refractivity contribution >= 4 is 11.0 Å². The smallest absolute Gasteiger partial charge is 0.127 e. The first-order chi connectivity index (χ1) is 8.53. The third-order valence-electron chi connectivity index (χ3n) is 4.02. The Morgan fingerprint density at radius 1 is 1.21 bits per heavy atom. The Hall–Kier alpha value is -0.750. The molecule has 1 atom stereocenters. The van der Waals surface area contributed by atoms with Crippen molar-refractivity contribution < 1.29 is 9.69 Å². The molecule has 5 heteroatoms. The van der Waals surface area contributed by atoms with E-state index < -0.39 is 11.0 Å². The van der Waals surface area contributed by atoms with Crippen molar-refractivity contribution in [2.45, 2.75) is 30.2 Å². The average molecular weight is 284 g/mol. The number of benzene rings is 1. The van der Waals surface area contributed by atoms with Gasteiger partial charge in [0.1, 0.15) is 11.0 Å². The fourth-order valence-electron chi connectivity index (χ4n) is 2.31. The maximum atomic E-state index is 12.6. The summed E-state index contributed by atoms with van der Waals surface area (Å²) in [6.45, 7) is 4.38. The predicted octanol–water partition coefficient (Wildman–Crippen LogP) is 1.30. The molecular formula is C14H24N2O2S. The van der Waals surface area contributed by atoms with E-state index in [2.05, 4.69) is 18.9 Å². The van der Waals surface area contributed by atoms with Gasteiger partial charge in [-0.1, -0.05) is 18.2 Å². The van der Waals surface area contributed by atoms with Crippen LogP contribution < -0.4 is 0 Å². The Labute approximate surface area is 118 Å². The average Bonchev–Trinajstić information content (AvgIpc) is 2.41. The lowest BCUT2D eigenvalue weighted by Crippen LogP contribution is -2.51. The van der Waals surface area contributed by atoms with Gasteiger partial charge in [-0.25, -0.2) is 8.51 Å². The summed E-state index contributed by atoms with van der Waals surface area (Å²) in [5.41, 5.74) is 0.0349. The maximum absolute atomic E-state index is 12.6. The van der Waals surface area contributed by atoms with Gasteiger partial charge in [0.2, 0.25) is 0 Å². The molecule has 1 unspecified atom stereocenters. The van der Waals surface area contributed by atoms with Crippen molar-refractivity contribution in [3.8, 4) is 0 Å². The van der Waals surface area contributed by atoms with Gasteiger partial charge < -0.3 is 10.4 Å². The van der Waals surface area contributed by atoms with Crippen molar-refractivity contribution in [1.82, 2.24) is 9.21 Å². The van der Waals surface area contributed by atoms with Gasteiger partial charge in [0.15, 0.2) is 0 Å². The van der Waals surface area contributed by atoms with Crippen LogP contribution in [0, 0.1) is 0 Å². The maximum Gasteiger partial charge on any atom is 0.127 e. The van der Waals surface area contributed by atoms with E-state index in [1.807, 2.05) is 41.7 Å². The van der Waals surface area contributed by atoms with Crippen molar-refractivity contribution in [2.75, 3.05) is 27.2 Å². The second-order valence-electron chi connectivity index (χ2n) is 5.36. The van der Waals surface area contributed by atoms with Crippen LogP contribution in [-0.4, -0.2) is 51.6 Å². The van der Waals surface area contributed by atoms with E-state index in [-0.39, 0.29) is 11.0 Å². The lowest BCUT2D eigenvalue weighted by atomic mass is 9.90. The standard InChI is InChI=1S/C14H22N2OS.H2O/c1-14(9-11-15(2)12-10-14)16(3)18(17)13-7-5-4-6-8-13;/h4-8H,9-12H2,1-3H3;1H2. The van der Waals surface area contributed by atoms with Gasteiger partial charge in [-0.3, -0.25) is 0 Å². The van der Waals surface area contributed by atoms with E-state index in [9.17, 15) is 4.21 Å². The quantitative estimate of drug-likeness (QED) is 0.840. The van der Waals surface area contributed by atoms with Gasteiger partial charge in [0.25, 0.3) is 0 Å². The third kappa shape index (κ3) is 3.63. The van der Waals surface area contributed by atoms with Gasteiger partial charge in [-0.2, -0.15) is 0 Å². The Morgan fingerprint density at radius 2 is 1.74 bits per heavy atom. The van der Waals surface area contributed by atoms with Crippen molar-refractivity contribution in [1.29, 1.82) is 0 Å². The molecule has 1 aliphatic rings. The monoisotopic (exact) mass is 284 g/mol. The predicted molar refractivity (Wildman–Crippen MR) is 79.4 cm³/mol. The van der Waals surface area contributed by atoms with Crippen molar-refractivity contribution in [2.24, 2.45) is 0 Å². The normalized spacial score (nSPS) is 20.8. The molecule has 4 nitrogen and oxygen atoms in total. The molecule has 0 spiro atoms. The van der Waals surface area contributed by atoms with E-state index in [0.717, 1.165) is 30.8 Å². The molecule has 1 fully saturated rings. The highest BCUT2D eigenvalue weighted by Crippen LogP contribution is 2.29. The van der Waals surface area contributed by atoms with Crippen LogP contribution >= 0.6 is 0 Å². The van der Waals surface area contributed by atoms with E-state index in [0.29, 0.717) is 0 Å². The van der Waals surface area contributed by atoms with Gasteiger partial charge in [0.05, 0.1) is 4.90 Å². The first kappa shape index (κ1) is 16.3. The molecular weight excluding hydrogens is 260 g/mol. The van der Waals surface area contributed by atoms with Crippen LogP contribution in [0.5, 0.6) is 0 Å². The summed E-state index contributed by atoms with van der Waals surface area (Å²) in [6.07, 6.45) is 2.14. The second-order valence-corrected chi connectivity index (χ2v) is 6.88. The zero-order valence-electron chi connectivity index (χ0n) is 11.9. The summed E-state index contributed by atoms with van der Waals surface area (Å²) in [4.78, 5) is 3.22. The highest BCUT2D eigenvalue weighted by atomic mass is 32.2. The molecule has 108 valence electrons. The molecule has 0 saturated carbocycles. The minimum absolute atomic E-state index is 0. The molecule has 0 radical (unpaired) electrons. The van der Waals surface area contributed by atoms with E-state index >= 15 is 0 Å². The van der Waals surface area contributed by atoms with Crippen LogP contribution in [0.15, 0.2) is 35.2 Å². The molecule has 19 heavy (non-hydrogen) atoms. The van der Waals surface area contributed by atoms with Gasteiger partial charge in [-0.05, 0) is 52.0 Å². The largest absolute Gasteiger partial charge is 0.412 e. The van der Waals surface area contributed by atoms with Crippen LogP contribution in [0.1, 0.15) is 19.8 Å². The lowest BCUT2D eigenvalue weighted by Gasteiger charge is -2.43. The lowest BCUT2D eigenvalue weighted by molar-refractivity contribution is 0.124. The van der Waals surface area contributed by atoms with Crippen LogP contribution in [0.3, 0.4) is 0 Å². The molecule has 2 rings (SSSR count). The molecule has 1 heterocycles. The number of hydrogen-bond donors (Lipinski definition) is 0. The van der Waals surface area contributed by atoms with Gasteiger partial charge >= 0.3 is 0 Å². The van der Waals surface area contributed by atoms with Crippen molar-refractivity contribution in [3.63, 3.8) is 0 Å². The minimum atomic E-state index is -1.06. The molecule has 1 saturated heterocycles. The zero-order valence-corrected chi connectivity index (χ0v) is 12.7. The van der Waals surface area contributed by atoms with E-state index in [4.69, 9.17) is 0 Å². The minimum Gasteiger partial charge on any atom is -0.412 e. The zero-order chi connectivity index (χ0) is 13.2. The van der Waals surface area contributed by atoms with Crippen LogP contribution in [0.25, 0.3) is 0 Å². The Bertz CT molecular complexity index is 417. The fraction of sp³-hybridized carbons (Fsp3) is 0.571. The Morgan fingerprint density at radius 3 is 2.26 bits per heavy atom. The molecule has 2 N–H and O–H groups in total. The summed E-state index contributed by atoms with van der Waals surface area (Å²) in [5.74, 6) is 0. The van der Waals surface area contributed by atoms with Crippen LogP contribution in [-0.2, 0) is 11.0 Å². The Balaban J connectivity index is 0.00000180. The molecule has 0 aliphatic carbocycles. The third-order valence-corrected chi connectivity index (χ3v) is 5.63. The number of nitrogens with zero attached hydrogens (tertiary/aromatic N) is 2. The Kier molecular flexibility index (Phi) is 5.67. The summed E-state index contributed by atoms with van der Waals surface area (Å²) in [6, 6.07) is 9.71. The summed E-state index contributed by atoms with van der Waals surface area (Å²) < 4.78 is 14.6. The first-order valence-corrected chi connectivity index (χ1v) is 7.53. The summed E-state index contributed by atoms with van der Waals surface area (Å²) >= 11 is 0. The van der Waals surface area contributed by atoms with Crippen LogP contribution in [0.4, 0.5) is 0 Å².